The topological polar surface area (TPSA) is 33.4 Å². The molecule has 0 amide bonds. The molecule has 0 bridgehead atoms. The van der Waals surface area contributed by atoms with Gasteiger partial charge in [-0.3, -0.25) is 9.30 Å². The van der Waals surface area contributed by atoms with Crippen LogP contribution in [-0.4, -0.2) is 32.6 Å². The molecule has 1 aliphatic heterocycles. The molecule has 3 heterocycles. The number of hydrogen-bond donors (Lipinski definition) is 0. The monoisotopic (exact) mass is 264 g/mol. The van der Waals surface area contributed by atoms with Crippen LogP contribution in [0.4, 0.5) is 0 Å². The van der Waals surface area contributed by atoms with Gasteiger partial charge in [0.1, 0.15) is 5.15 Å². The van der Waals surface area contributed by atoms with Crippen LogP contribution in [0, 0.1) is 0 Å². The highest BCUT2D eigenvalue weighted by molar-refractivity contribution is 6.29. The zero-order valence-corrected chi connectivity index (χ0v) is 11.3. The molecule has 18 heavy (non-hydrogen) atoms. The van der Waals surface area contributed by atoms with E-state index in [2.05, 4.69) is 22.0 Å². The zero-order valence-electron chi connectivity index (χ0n) is 10.5. The molecule has 5 heteroatoms. The minimum atomic E-state index is 0.346. The lowest BCUT2D eigenvalue weighted by atomic mass is 10.0. The summed E-state index contributed by atoms with van der Waals surface area (Å²) in [7, 11) is 0. The van der Waals surface area contributed by atoms with Gasteiger partial charge in [-0.25, -0.2) is 0 Å². The molecular weight excluding hydrogens is 248 g/mol. The van der Waals surface area contributed by atoms with Gasteiger partial charge < -0.3 is 0 Å². The summed E-state index contributed by atoms with van der Waals surface area (Å²) < 4.78 is 1.97. The van der Waals surface area contributed by atoms with Crippen LogP contribution < -0.4 is 0 Å². The minimum Gasteiger partial charge on any atom is -0.294 e. The number of fused-ring (bicyclic) bond motifs is 1. The third-order valence-corrected chi connectivity index (χ3v) is 4.02. The molecule has 4 nitrogen and oxygen atoms in total. The second-order valence-corrected chi connectivity index (χ2v) is 5.13. The van der Waals surface area contributed by atoms with E-state index in [0.717, 1.165) is 31.0 Å². The molecule has 1 atom stereocenters. The molecular formula is C13H17ClN4. The summed E-state index contributed by atoms with van der Waals surface area (Å²) in [5.41, 5.74) is 0.833. The highest BCUT2D eigenvalue weighted by Gasteiger charge is 2.27. The van der Waals surface area contributed by atoms with Gasteiger partial charge in [-0.1, -0.05) is 31.0 Å². The van der Waals surface area contributed by atoms with Crippen molar-refractivity contribution in [2.24, 2.45) is 0 Å². The molecule has 0 radical (unpaired) electrons. The summed E-state index contributed by atoms with van der Waals surface area (Å²) in [6.07, 6.45) is 3.66. The molecule has 1 fully saturated rings. The number of hydrogen-bond acceptors (Lipinski definition) is 3. The van der Waals surface area contributed by atoms with Crippen LogP contribution in [0.3, 0.4) is 0 Å². The normalized spacial score (nSPS) is 21.6. The summed E-state index contributed by atoms with van der Waals surface area (Å²) in [5, 5.41) is 9.28. The van der Waals surface area contributed by atoms with Crippen molar-refractivity contribution >= 4 is 17.2 Å². The first-order chi connectivity index (χ1) is 8.81. The number of pyridine rings is 1. The van der Waals surface area contributed by atoms with Gasteiger partial charge in [-0.2, -0.15) is 0 Å². The van der Waals surface area contributed by atoms with Gasteiger partial charge in [0.15, 0.2) is 11.5 Å². The van der Waals surface area contributed by atoms with Crippen molar-refractivity contribution in [2.45, 2.75) is 32.2 Å². The Balaban J connectivity index is 2.07. The number of rotatable bonds is 2. The van der Waals surface area contributed by atoms with Gasteiger partial charge in [-0.05, 0) is 38.1 Å². The van der Waals surface area contributed by atoms with E-state index in [4.69, 9.17) is 11.6 Å². The van der Waals surface area contributed by atoms with Gasteiger partial charge in [0.25, 0.3) is 0 Å². The average molecular weight is 265 g/mol. The number of aromatic nitrogens is 3. The Labute approximate surface area is 112 Å². The predicted molar refractivity (Wildman–Crippen MR) is 71.8 cm³/mol. The van der Waals surface area contributed by atoms with Crippen molar-refractivity contribution in [3.8, 4) is 0 Å². The van der Waals surface area contributed by atoms with Crippen LogP contribution in [0.2, 0.25) is 5.15 Å². The summed E-state index contributed by atoms with van der Waals surface area (Å²) >= 11 is 6.28. The molecule has 0 saturated carbocycles. The summed E-state index contributed by atoms with van der Waals surface area (Å²) in [6.45, 7) is 4.38. The van der Waals surface area contributed by atoms with Gasteiger partial charge >= 0.3 is 0 Å². The maximum absolute atomic E-state index is 6.28. The van der Waals surface area contributed by atoms with Crippen molar-refractivity contribution < 1.29 is 0 Å². The Morgan fingerprint density at radius 3 is 3.06 bits per heavy atom. The highest BCUT2D eigenvalue weighted by Crippen LogP contribution is 2.30. The van der Waals surface area contributed by atoms with Crippen molar-refractivity contribution in [3.05, 3.63) is 29.2 Å². The molecule has 0 N–H and O–H groups in total. The van der Waals surface area contributed by atoms with Crippen LogP contribution in [0.1, 0.15) is 38.1 Å². The van der Waals surface area contributed by atoms with E-state index in [9.17, 15) is 0 Å². The molecule has 2 aromatic rings. The fourth-order valence-corrected chi connectivity index (χ4v) is 3.05. The number of nitrogens with zero attached hydrogens (tertiary/aromatic N) is 4. The van der Waals surface area contributed by atoms with Crippen molar-refractivity contribution in [1.29, 1.82) is 0 Å². The molecule has 2 aromatic heterocycles. The molecule has 1 saturated heterocycles. The quantitative estimate of drug-likeness (QED) is 0.782. The van der Waals surface area contributed by atoms with Crippen LogP contribution in [0.15, 0.2) is 18.2 Å². The Bertz CT molecular complexity index is 551. The van der Waals surface area contributed by atoms with Crippen LogP contribution in [0.5, 0.6) is 0 Å². The Kier molecular flexibility index (Phi) is 3.22. The second-order valence-electron chi connectivity index (χ2n) is 4.74. The second kappa shape index (κ2) is 4.86. The first-order valence-corrected chi connectivity index (χ1v) is 6.92. The molecule has 0 aromatic carbocycles. The molecule has 96 valence electrons. The summed E-state index contributed by atoms with van der Waals surface area (Å²) in [6, 6.07) is 6.09. The smallest absolute Gasteiger partial charge is 0.161 e. The molecule has 0 aliphatic carbocycles. The minimum absolute atomic E-state index is 0.346. The number of likely N-dealkylation sites (tertiary alicyclic amines) is 1. The van der Waals surface area contributed by atoms with Gasteiger partial charge in [0.05, 0.1) is 6.04 Å². The van der Waals surface area contributed by atoms with Crippen molar-refractivity contribution in [3.63, 3.8) is 0 Å². The lowest BCUT2D eigenvalue weighted by molar-refractivity contribution is 0.149. The molecule has 0 spiro atoms. The standard InChI is InChI=1S/C13H17ClN4/c1-2-17-9-4-3-6-10(17)13-16-15-12-8-5-7-11(14)18(12)13/h5,7-8,10H,2-4,6,9H2,1H3. The van der Waals surface area contributed by atoms with E-state index in [1.54, 1.807) is 0 Å². The lowest BCUT2D eigenvalue weighted by Gasteiger charge is -2.33. The average Bonchev–Trinajstić information content (AvgIpc) is 2.84. The summed E-state index contributed by atoms with van der Waals surface area (Å²) in [4.78, 5) is 2.46. The van der Waals surface area contributed by atoms with Crippen molar-refractivity contribution in [1.82, 2.24) is 19.5 Å². The fourth-order valence-electron chi connectivity index (χ4n) is 2.80. The van der Waals surface area contributed by atoms with Gasteiger partial charge in [0, 0.05) is 0 Å². The predicted octanol–water partition coefficient (Wildman–Crippen LogP) is 2.93. The van der Waals surface area contributed by atoms with Crippen LogP contribution in [0.25, 0.3) is 5.65 Å². The first kappa shape index (κ1) is 11.9. The maximum Gasteiger partial charge on any atom is 0.161 e. The highest BCUT2D eigenvalue weighted by atomic mass is 35.5. The van der Waals surface area contributed by atoms with Crippen molar-refractivity contribution in [2.75, 3.05) is 13.1 Å². The number of piperidine rings is 1. The van der Waals surface area contributed by atoms with Crippen LogP contribution >= 0.6 is 11.6 Å². The third-order valence-electron chi connectivity index (χ3n) is 3.72. The lowest BCUT2D eigenvalue weighted by Crippen LogP contribution is -2.34. The Hall–Kier alpha value is -1.13. The molecule has 3 rings (SSSR count). The van der Waals surface area contributed by atoms with E-state index in [0.29, 0.717) is 11.2 Å². The van der Waals surface area contributed by atoms with E-state index < -0.39 is 0 Å². The number of halogens is 1. The molecule has 1 aliphatic rings. The third kappa shape index (κ3) is 1.89. The van der Waals surface area contributed by atoms with E-state index in [1.165, 1.54) is 12.8 Å². The summed E-state index contributed by atoms with van der Waals surface area (Å²) in [5.74, 6) is 0.983. The SMILES string of the molecule is CCN1CCCCC1c1nnc2cccc(Cl)n12. The zero-order chi connectivity index (χ0) is 12.5. The van der Waals surface area contributed by atoms with Gasteiger partial charge in [-0.15, -0.1) is 10.2 Å². The van der Waals surface area contributed by atoms with Gasteiger partial charge in [0.2, 0.25) is 0 Å². The largest absolute Gasteiger partial charge is 0.294 e. The van der Waals surface area contributed by atoms with Crippen LogP contribution in [-0.2, 0) is 0 Å². The Morgan fingerprint density at radius 1 is 1.33 bits per heavy atom. The van der Waals surface area contributed by atoms with E-state index in [-0.39, 0.29) is 0 Å². The Morgan fingerprint density at radius 2 is 2.22 bits per heavy atom. The van der Waals surface area contributed by atoms with E-state index in [1.807, 2.05) is 22.6 Å². The fraction of sp³-hybridized carbons (Fsp3) is 0.538. The first-order valence-electron chi connectivity index (χ1n) is 6.55. The molecule has 1 unspecified atom stereocenters. The van der Waals surface area contributed by atoms with E-state index >= 15 is 0 Å². The maximum atomic E-state index is 6.28.